The molecule has 0 amide bonds. The fraction of sp³-hybridized carbons (Fsp3) is 0.684. The number of nitrogens with zero attached hydrogens (tertiary/aromatic N) is 1. The number of unbranched alkanes of at least 4 members (excludes halogenated alkanes) is 2. The Bertz CT molecular complexity index is 430. The highest BCUT2D eigenvalue weighted by molar-refractivity contribution is 5.39. The van der Waals surface area contributed by atoms with Gasteiger partial charge >= 0.3 is 0 Å². The van der Waals surface area contributed by atoms with Gasteiger partial charge in [-0.15, -0.1) is 0 Å². The Labute approximate surface area is 135 Å². The van der Waals surface area contributed by atoms with Gasteiger partial charge in [0.05, 0.1) is 40.0 Å². The van der Waals surface area contributed by atoms with E-state index >= 15 is 0 Å². The number of para-hydroxylation sites is 1. The van der Waals surface area contributed by atoms with Gasteiger partial charge in [0.15, 0.2) is 0 Å². The van der Waals surface area contributed by atoms with Gasteiger partial charge in [-0.25, -0.2) is 0 Å². The molecule has 22 heavy (non-hydrogen) atoms. The topological polar surface area (TPSA) is 18.5 Å². The molecule has 1 aromatic rings. The van der Waals surface area contributed by atoms with Gasteiger partial charge < -0.3 is 14.0 Å². The fourth-order valence-corrected chi connectivity index (χ4v) is 3.24. The van der Waals surface area contributed by atoms with Gasteiger partial charge in [-0.3, -0.25) is 0 Å². The molecular weight excluding hydrogens is 274 g/mol. The average molecular weight is 306 g/mol. The highest BCUT2D eigenvalue weighted by atomic mass is 16.5. The molecule has 1 aliphatic rings. The molecule has 1 aliphatic heterocycles. The molecule has 3 nitrogen and oxygen atoms in total. The number of ether oxygens (including phenoxy) is 2. The molecule has 124 valence electrons. The molecule has 1 atom stereocenters. The van der Waals surface area contributed by atoms with Crippen molar-refractivity contribution < 1.29 is 14.0 Å². The molecule has 0 aromatic heterocycles. The second-order valence-electron chi connectivity index (χ2n) is 6.89. The highest BCUT2D eigenvalue weighted by Gasteiger charge is 2.22. The molecule has 1 heterocycles. The summed E-state index contributed by atoms with van der Waals surface area (Å²) in [6.07, 6.45) is 4.88. The maximum Gasteiger partial charge on any atom is 0.125 e. The van der Waals surface area contributed by atoms with Gasteiger partial charge in [0.25, 0.3) is 0 Å². The quantitative estimate of drug-likeness (QED) is 0.564. The van der Waals surface area contributed by atoms with Crippen LogP contribution in [0.3, 0.4) is 0 Å². The monoisotopic (exact) mass is 306 g/mol. The first kappa shape index (κ1) is 17.3. The SMILES string of the molecule is Cc1cccc(C)c1OCCCCC[N+]1(C)CCCOCC1. The summed E-state index contributed by atoms with van der Waals surface area (Å²) in [6.45, 7) is 10.6. The Morgan fingerprint density at radius 3 is 2.59 bits per heavy atom. The molecule has 0 aliphatic carbocycles. The Kier molecular flexibility index (Phi) is 6.71. The van der Waals surface area contributed by atoms with E-state index in [0.29, 0.717) is 0 Å². The standard InChI is InChI=1S/C19H32NO2/c1-17-9-7-10-18(2)19(17)22-15-6-4-5-11-20(3)12-8-14-21-16-13-20/h7,9-10H,4-6,8,11-16H2,1-3H3/q+1. The normalized spacial score (nSPS) is 22.3. The molecular formula is C19H32NO2+. The second-order valence-corrected chi connectivity index (χ2v) is 6.89. The van der Waals surface area contributed by atoms with E-state index in [2.05, 4.69) is 39.1 Å². The average Bonchev–Trinajstić information content (AvgIpc) is 2.70. The Balaban J connectivity index is 1.63. The lowest BCUT2D eigenvalue weighted by atomic mass is 10.1. The lowest BCUT2D eigenvalue weighted by molar-refractivity contribution is -0.908. The van der Waals surface area contributed by atoms with E-state index < -0.39 is 0 Å². The summed E-state index contributed by atoms with van der Waals surface area (Å²) in [5, 5.41) is 0. The molecule has 0 radical (unpaired) electrons. The molecule has 1 unspecified atom stereocenters. The van der Waals surface area contributed by atoms with E-state index in [4.69, 9.17) is 9.47 Å². The molecule has 0 saturated carbocycles. The number of rotatable bonds is 7. The van der Waals surface area contributed by atoms with Crippen LogP contribution < -0.4 is 4.74 Å². The second kappa shape index (κ2) is 8.54. The molecule has 3 heteroatoms. The highest BCUT2D eigenvalue weighted by Crippen LogP contribution is 2.22. The molecule has 1 fully saturated rings. The number of likely N-dealkylation sites (N-methyl/N-ethyl adjacent to an activating group) is 1. The summed E-state index contributed by atoms with van der Waals surface area (Å²) in [7, 11) is 2.38. The van der Waals surface area contributed by atoms with Crippen molar-refractivity contribution in [1.29, 1.82) is 0 Å². The van der Waals surface area contributed by atoms with Crippen molar-refractivity contribution >= 4 is 0 Å². The molecule has 0 spiro atoms. The third kappa shape index (κ3) is 5.29. The smallest absolute Gasteiger partial charge is 0.125 e. The van der Waals surface area contributed by atoms with Crippen LogP contribution in [0.25, 0.3) is 0 Å². The first-order valence-electron chi connectivity index (χ1n) is 8.71. The van der Waals surface area contributed by atoms with Crippen LogP contribution in [0.1, 0.15) is 36.8 Å². The lowest BCUT2D eigenvalue weighted by Gasteiger charge is -2.32. The van der Waals surface area contributed by atoms with Crippen molar-refractivity contribution in [2.24, 2.45) is 0 Å². The summed E-state index contributed by atoms with van der Waals surface area (Å²) >= 11 is 0. The van der Waals surface area contributed by atoms with Gasteiger partial charge in [-0.05, 0) is 44.2 Å². The van der Waals surface area contributed by atoms with Crippen molar-refractivity contribution in [2.45, 2.75) is 39.5 Å². The number of hydrogen-bond acceptors (Lipinski definition) is 2. The number of aryl methyl sites for hydroxylation is 2. The maximum absolute atomic E-state index is 5.98. The Hall–Kier alpha value is -1.06. The molecule has 1 saturated heterocycles. The predicted octanol–water partition coefficient (Wildman–Crippen LogP) is 3.72. The molecule has 0 bridgehead atoms. The van der Waals surface area contributed by atoms with Gasteiger partial charge in [-0.1, -0.05) is 18.2 Å². The van der Waals surface area contributed by atoms with E-state index in [1.165, 1.54) is 54.5 Å². The summed E-state index contributed by atoms with van der Waals surface area (Å²) < 4.78 is 12.7. The third-order valence-electron chi connectivity index (χ3n) is 4.76. The minimum atomic E-state index is 0.832. The lowest BCUT2D eigenvalue weighted by Crippen LogP contribution is -2.46. The van der Waals surface area contributed by atoms with Crippen LogP contribution in [0, 0.1) is 13.8 Å². The van der Waals surface area contributed by atoms with Crippen molar-refractivity contribution in [3.05, 3.63) is 29.3 Å². The maximum atomic E-state index is 5.98. The fourth-order valence-electron chi connectivity index (χ4n) is 3.24. The van der Waals surface area contributed by atoms with Gasteiger partial charge in [0, 0.05) is 6.42 Å². The first-order chi connectivity index (χ1) is 10.6. The predicted molar refractivity (Wildman–Crippen MR) is 91.5 cm³/mol. The van der Waals surface area contributed by atoms with Crippen LogP contribution in [0.4, 0.5) is 0 Å². The van der Waals surface area contributed by atoms with Crippen LogP contribution in [0.5, 0.6) is 5.75 Å². The largest absolute Gasteiger partial charge is 0.493 e. The summed E-state index contributed by atoms with van der Waals surface area (Å²) in [4.78, 5) is 0. The van der Waals surface area contributed by atoms with Crippen molar-refractivity contribution in [3.8, 4) is 5.75 Å². The Morgan fingerprint density at radius 2 is 1.82 bits per heavy atom. The first-order valence-corrected chi connectivity index (χ1v) is 8.71. The van der Waals surface area contributed by atoms with Gasteiger partial charge in [0.1, 0.15) is 12.3 Å². The van der Waals surface area contributed by atoms with Crippen LogP contribution >= 0.6 is 0 Å². The van der Waals surface area contributed by atoms with E-state index in [0.717, 1.165) is 32.0 Å². The van der Waals surface area contributed by atoms with Crippen LogP contribution in [-0.4, -0.2) is 51.0 Å². The zero-order chi connectivity index (χ0) is 15.8. The summed E-state index contributed by atoms with van der Waals surface area (Å²) in [6, 6.07) is 6.33. The Morgan fingerprint density at radius 1 is 1.05 bits per heavy atom. The van der Waals surface area contributed by atoms with Gasteiger partial charge in [-0.2, -0.15) is 0 Å². The van der Waals surface area contributed by atoms with E-state index in [9.17, 15) is 0 Å². The minimum absolute atomic E-state index is 0.832. The molecule has 2 rings (SSSR count). The van der Waals surface area contributed by atoms with Crippen LogP contribution in [0.2, 0.25) is 0 Å². The van der Waals surface area contributed by atoms with E-state index in [-0.39, 0.29) is 0 Å². The van der Waals surface area contributed by atoms with Crippen LogP contribution in [0.15, 0.2) is 18.2 Å². The number of quaternary nitrogens is 1. The van der Waals surface area contributed by atoms with Crippen LogP contribution in [-0.2, 0) is 4.74 Å². The van der Waals surface area contributed by atoms with E-state index in [1.54, 1.807) is 0 Å². The zero-order valence-corrected chi connectivity index (χ0v) is 14.6. The summed E-state index contributed by atoms with van der Waals surface area (Å²) in [5.41, 5.74) is 2.48. The summed E-state index contributed by atoms with van der Waals surface area (Å²) in [5.74, 6) is 1.08. The third-order valence-corrected chi connectivity index (χ3v) is 4.76. The zero-order valence-electron chi connectivity index (χ0n) is 14.6. The minimum Gasteiger partial charge on any atom is -0.493 e. The van der Waals surface area contributed by atoms with E-state index in [1.807, 2.05) is 0 Å². The van der Waals surface area contributed by atoms with Crippen molar-refractivity contribution in [1.82, 2.24) is 0 Å². The molecule has 0 N–H and O–H groups in total. The van der Waals surface area contributed by atoms with Gasteiger partial charge in [0.2, 0.25) is 0 Å². The molecule has 1 aromatic carbocycles. The van der Waals surface area contributed by atoms with Crippen molar-refractivity contribution in [2.75, 3.05) is 46.5 Å². The number of hydrogen-bond donors (Lipinski definition) is 0. The number of benzene rings is 1. The van der Waals surface area contributed by atoms with Crippen molar-refractivity contribution in [3.63, 3.8) is 0 Å².